The fourth-order valence-corrected chi connectivity index (χ4v) is 1.46. The Bertz CT molecular complexity index is 370. The lowest BCUT2D eigenvalue weighted by molar-refractivity contribution is 0.406. The molecule has 3 nitrogen and oxygen atoms in total. The number of aliphatic hydroxyl groups excluding tert-OH is 1. The molecule has 0 saturated heterocycles. The molecule has 0 amide bonds. The van der Waals surface area contributed by atoms with Gasteiger partial charge in [0.05, 0.1) is 5.71 Å². The zero-order valence-electron chi connectivity index (χ0n) is 8.33. The molecule has 0 saturated carbocycles. The number of nitrogens with one attached hydrogen (secondary N) is 1. The third kappa shape index (κ3) is 2.13. The van der Waals surface area contributed by atoms with Gasteiger partial charge in [0.1, 0.15) is 0 Å². The molecule has 0 aliphatic rings. The fourth-order valence-electron chi connectivity index (χ4n) is 1.46. The van der Waals surface area contributed by atoms with Crippen molar-refractivity contribution in [3.8, 4) is 0 Å². The molecule has 4 N–H and O–H groups in total. The number of aryl methyl sites for hydroxylation is 2. The first-order valence-corrected chi connectivity index (χ1v) is 4.33. The number of nitrogens with two attached hydrogens (primary N) is 1. The molecule has 0 bridgehead atoms. The summed E-state index contributed by atoms with van der Waals surface area (Å²) in [5, 5.41) is 16.6. The summed E-state index contributed by atoms with van der Waals surface area (Å²) in [7, 11) is 0. The summed E-state index contributed by atoms with van der Waals surface area (Å²) in [6.45, 7) is 3.86. The second-order valence-corrected chi connectivity index (χ2v) is 3.25. The number of rotatable bonds is 2. The predicted octanol–water partition coefficient (Wildman–Crippen LogP) is 2.03. The Labute approximate surface area is 83.4 Å². The molecule has 0 spiro atoms. The SMILES string of the molecule is Cc1cccc(C)c1C(=N)/C=C(\N)O. The van der Waals surface area contributed by atoms with E-state index >= 15 is 0 Å². The zero-order valence-corrected chi connectivity index (χ0v) is 8.33. The minimum atomic E-state index is -0.336. The van der Waals surface area contributed by atoms with Gasteiger partial charge in [-0.2, -0.15) is 0 Å². The predicted molar refractivity (Wildman–Crippen MR) is 57.6 cm³/mol. The van der Waals surface area contributed by atoms with Crippen LogP contribution in [0.3, 0.4) is 0 Å². The summed E-state index contributed by atoms with van der Waals surface area (Å²) in [5.41, 5.74) is 8.18. The first kappa shape index (κ1) is 10.3. The Morgan fingerprint density at radius 1 is 1.36 bits per heavy atom. The van der Waals surface area contributed by atoms with Crippen molar-refractivity contribution in [1.29, 1.82) is 5.41 Å². The lowest BCUT2D eigenvalue weighted by Gasteiger charge is -2.07. The lowest BCUT2D eigenvalue weighted by atomic mass is 9.98. The maximum absolute atomic E-state index is 8.86. The van der Waals surface area contributed by atoms with Crippen LogP contribution in [0.5, 0.6) is 0 Å². The van der Waals surface area contributed by atoms with Crippen molar-refractivity contribution in [2.45, 2.75) is 13.8 Å². The smallest absolute Gasteiger partial charge is 0.183 e. The molecule has 0 aromatic heterocycles. The maximum Gasteiger partial charge on any atom is 0.183 e. The number of aliphatic hydroxyl groups is 1. The van der Waals surface area contributed by atoms with Crippen molar-refractivity contribution in [3.63, 3.8) is 0 Å². The normalized spacial score (nSPS) is 11.4. The van der Waals surface area contributed by atoms with E-state index in [9.17, 15) is 0 Å². The van der Waals surface area contributed by atoms with Gasteiger partial charge in [0, 0.05) is 11.6 Å². The molecule has 1 rings (SSSR count). The molecule has 0 atom stereocenters. The largest absolute Gasteiger partial charge is 0.495 e. The molecule has 0 unspecified atom stereocenters. The van der Waals surface area contributed by atoms with Crippen molar-refractivity contribution < 1.29 is 5.11 Å². The highest BCUT2D eigenvalue weighted by molar-refractivity contribution is 6.08. The molecule has 1 aromatic rings. The summed E-state index contributed by atoms with van der Waals surface area (Å²) in [5.74, 6) is -0.336. The van der Waals surface area contributed by atoms with Crippen molar-refractivity contribution >= 4 is 5.71 Å². The molecule has 0 radical (unpaired) electrons. The Kier molecular flexibility index (Phi) is 2.92. The molecule has 0 fully saturated rings. The van der Waals surface area contributed by atoms with Crippen molar-refractivity contribution in [1.82, 2.24) is 0 Å². The Balaban J connectivity index is 3.19. The highest BCUT2D eigenvalue weighted by Crippen LogP contribution is 2.14. The molecule has 14 heavy (non-hydrogen) atoms. The van der Waals surface area contributed by atoms with E-state index in [1.165, 1.54) is 6.08 Å². The van der Waals surface area contributed by atoms with Gasteiger partial charge in [-0.15, -0.1) is 0 Å². The van der Waals surface area contributed by atoms with E-state index < -0.39 is 0 Å². The first-order chi connectivity index (χ1) is 6.52. The van der Waals surface area contributed by atoms with Crippen LogP contribution in [0.25, 0.3) is 0 Å². The summed E-state index contributed by atoms with van der Waals surface area (Å²) >= 11 is 0. The van der Waals surface area contributed by atoms with Crippen LogP contribution in [0.4, 0.5) is 0 Å². The van der Waals surface area contributed by atoms with Crippen molar-refractivity contribution in [2.24, 2.45) is 5.73 Å². The fraction of sp³-hybridized carbons (Fsp3) is 0.182. The third-order valence-electron chi connectivity index (χ3n) is 2.04. The van der Waals surface area contributed by atoms with E-state index in [1.54, 1.807) is 0 Å². The number of hydrogen-bond donors (Lipinski definition) is 3. The van der Waals surface area contributed by atoms with Crippen molar-refractivity contribution in [2.75, 3.05) is 0 Å². The number of benzene rings is 1. The van der Waals surface area contributed by atoms with Gasteiger partial charge in [-0.05, 0) is 25.0 Å². The first-order valence-electron chi connectivity index (χ1n) is 4.33. The van der Waals surface area contributed by atoms with E-state index in [0.29, 0.717) is 0 Å². The van der Waals surface area contributed by atoms with E-state index in [4.69, 9.17) is 16.2 Å². The van der Waals surface area contributed by atoms with Gasteiger partial charge in [-0.25, -0.2) is 0 Å². The topological polar surface area (TPSA) is 70.1 Å². The van der Waals surface area contributed by atoms with Crippen LogP contribution >= 0.6 is 0 Å². The standard InChI is InChI=1S/C11H14N2O/c1-7-4-3-5-8(2)11(7)9(12)6-10(13)14/h3-6,12,14H,13H2,1-2H3/b10-6+,12-9?. The summed E-state index contributed by atoms with van der Waals surface area (Å²) in [4.78, 5) is 0. The van der Waals surface area contributed by atoms with Crippen LogP contribution in [0.15, 0.2) is 30.2 Å². The number of hydrogen-bond acceptors (Lipinski definition) is 3. The average molecular weight is 190 g/mol. The van der Waals surface area contributed by atoms with Crippen LogP contribution < -0.4 is 5.73 Å². The van der Waals surface area contributed by atoms with Crippen LogP contribution in [0.1, 0.15) is 16.7 Å². The third-order valence-corrected chi connectivity index (χ3v) is 2.04. The Morgan fingerprint density at radius 2 is 1.86 bits per heavy atom. The van der Waals surface area contributed by atoms with Crippen LogP contribution in [0.2, 0.25) is 0 Å². The Hall–Kier alpha value is -1.77. The second kappa shape index (κ2) is 3.96. The van der Waals surface area contributed by atoms with Crippen LogP contribution in [-0.2, 0) is 0 Å². The van der Waals surface area contributed by atoms with Gasteiger partial charge in [-0.1, -0.05) is 18.2 Å². The van der Waals surface area contributed by atoms with Gasteiger partial charge >= 0.3 is 0 Å². The van der Waals surface area contributed by atoms with E-state index in [1.807, 2.05) is 32.0 Å². The van der Waals surface area contributed by atoms with Gasteiger partial charge in [0.15, 0.2) is 5.88 Å². The Morgan fingerprint density at radius 3 is 2.29 bits per heavy atom. The highest BCUT2D eigenvalue weighted by Gasteiger charge is 2.06. The lowest BCUT2D eigenvalue weighted by Crippen LogP contribution is -2.05. The summed E-state index contributed by atoms with van der Waals surface area (Å²) in [6.07, 6.45) is 1.25. The minimum Gasteiger partial charge on any atom is -0.495 e. The maximum atomic E-state index is 8.86. The van der Waals surface area contributed by atoms with Gasteiger partial charge < -0.3 is 16.2 Å². The number of allylic oxidation sites excluding steroid dienone is 1. The quantitative estimate of drug-likeness (QED) is 0.493. The van der Waals surface area contributed by atoms with E-state index in [2.05, 4.69) is 0 Å². The molecule has 3 heteroatoms. The highest BCUT2D eigenvalue weighted by atomic mass is 16.3. The summed E-state index contributed by atoms with van der Waals surface area (Å²) in [6, 6.07) is 5.80. The molecule has 0 heterocycles. The summed E-state index contributed by atoms with van der Waals surface area (Å²) < 4.78 is 0. The monoisotopic (exact) mass is 190 g/mol. The average Bonchev–Trinajstić information content (AvgIpc) is 2.01. The van der Waals surface area contributed by atoms with Gasteiger partial charge in [-0.3, -0.25) is 0 Å². The van der Waals surface area contributed by atoms with Crippen molar-refractivity contribution in [3.05, 3.63) is 46.8 Å². The van der Waals surface area contributed by atoms with Crippen LogP contribution in [-0.4, -0.2) is 10.8 Å². The molecule has 0 aliphatic heterocycles. The van der Waals surface area contributed by atoms with E-state index in [0.717, 1.165) is 16.7 Å². The molecule has 74 valence electrons. The minimum absolute atomic E-state index is 0.237. The zero-order chi connectivity index (χ0) is 10.7. The molecular formula is C11H14N2O. The molecular weight excluding hydrogens is 176 g/mol. The molecule has 0 aliphatic carbocycles. The second-order valence-electron chi connectivity index (χ2n) is 3.25. The van der Waals surface area contributed by atoms with Crippen LogP contribution in [0, 0.1) is 19.3 Å². The molecule has 1 aromatic carbocycles. The van der Waals surface area contributed by atoms with Gasteiger partial charge in [0.25, 0.3) is 0 Å². The van der Waals surface area contributed by atoms with E-state index in [-0.39, 0.29) is 11.6 Å². The van der Waals surface area contributed by atoms with Gasteiger partial charge in [0.2, 0.25) is 0 Å².